The zero-order valence-corrected chi connectivity index (χ0v) is 7.79. The van der Waals surface area contributed by atoms with Gasteiger partial charge in [0.2, 0.25) is 0 Å². The van der Waals surface area contributed by atoms with Crippen LogP contribution in [0.25, 0.3) is 0 Å². The molecule has 3 heteroatoms. The lowest BCUT2D eigenvalue weighted by Gasteiger charge is -2.40. The summed E-state index contributed by atoms with van der Waals surface area (Å²) in [6.45, 7) is 0. The highest BCUT2D eigenvalue weighted by Gasteiger charge is 2.44. The van der Waals surface area contributed by atoms with E-state index in [1.807, 2.05) is 0 Å². The van der Waals surface area contributed by atoms with E-state index in [0.717, 1.165) is 32.1 Å². The van der Waals surface area contributed by atoms with Gasteiger partial charge in [-0.2, -0.15) is 0 Å². The van der Waals surface area contributed by atoms with Crippen molar-refractivity contribution < 1.29 is 14.6 Å². The van der Waals surface area contributed by atoms with Crippen molar-refractivity contribution in [3.05, 3.63) is 0 Å². The molecule has 1 aliphatic heterocycles. The Morgan fingerprint density at radius 2 is 2.08 bits per heavy atom. The van der Waals surface area contributed by atoms with Crippen LogP contribution in [-0.4, -0.2) is 22.8 Å². The second-order valence-corrected chi connectivity index (χ2v) is 4.09. The van der Waals surface area contributed by atoms with Crippen LogP contribution in [-0.2, 0) is 9.53 Å². The van der Waals surface area contributed by atoms with Crippen LogP contribution in [0.5, 0.6) is 0 Å². The van der Waals surface area contributed by atoms with Gasteiger partial charge in [0.05, 0.1) is 0 Å². The zero-order chi connectivity index (χ0) is 9.31. The summed E-state index contributed by atoms with van der Waals surface area (Å²) < 4.78 is 5.43. The Labute approximate surface area is 78.1 Å². The number of aliphatic hydroxyl groups excluding tert-OH is 1. The summed E-state index contributed by atoms with van der Waals surface area (Å²) in [7, 11) is 0. The first-order valence-corrected chi connectivity index (χ1v) is 5.12. The highest BCUT2D eigenvalue weighted by Crippen LogP contribution is 2.37. The number of aliphatic hydroxyl groups is 1. The zero-order valence-electron chi connectivity index (χ0n) is 7.79. The molecule has 1 unspecified atom stereocenters. The summed E-state index contributed by atoms with van der Waals surface area (Å²) in [4.78, 5) is 11.7. The summed E-state index contributed by atoms with van der Waals surface area (Å²) in [6.07, 6.45) is 5.16. The third-order valence-corrected chi connectivity index (χ3v) is 3.14. The number of carbonyl (C=O) groups is 1. The summed E-state index contributed by atoms with van der Waals surface area (Å²) in [5.74, 6) is 0.206. The molecule has 0 aromatic heterocycles. The predicted octanol–water partition coefficient (Wildman–Crippen LogP) is 1.39. The van der Waals surface area contributed by atoms with E-state index in [1.165, 1.54) is 0 Å². The minimum atomic E-state index is -0.712. The number of rotatable bonds is 0. The first-order valence-electron chi connectivity index (χ1n) is 5.12. The number of Topliss-reactive ketones (excluding diaryl/α,β-unsaturated/α-hetero) is 1. The van der Waals surface area contributed by atoms with Gasteiger partial charge in [-0.1, -0.05) is 0 Å². The smallest absolute Gasteiger partial charge is 0.164 e. The van der Waals surface area contributed by atoms with Gasteiger partial charge in [0.25, 0.3) is 0 Å². The quantitative estimate of drug-likeness (QED) is 0.618. The fraction of sp³-hybridized carbons (Fsp3) is 0.900. The average molecular weight is 184 g/mol. The number of ether oxygens (including phenoxy) is 1. The van der Waals surface area contributed by atoms with Crippen molar-refractivity contribution in [2.75, 3.05) is 0 Å². The van der Waals surface area contributed by atoms with E-state index in [9.17, 15) is 9.90 Å². The summed E-state index contributed by atoms with van der Waals surface area (Å²) in [6, 6.07) is 0. The molecule has 0 amide bonds. The van der Waals surface area contributed by atoms with E-state index in [4.69, 9.17) is 4.74 Å². The third-order valence-electron chi connectivity index (χ3n) is 3.14. The van der Waals surface area contributed by atoms with Crippen LogP contribution in [0.1, 0.15) is 44.9 Å². The molecule has 1 saturated heterocycles. The molecular formula is C10H16O3. The first kappa shape index (κ1) is 9.16. The van der Waals surface area contributed by atoms with E-state index >= 15 is 0 Å². The van der Waals surface area contributed by atoms with Crippen molar-refractivity contribution >= 4 is 5.78 Å². The molecule has 0 aromatic carbocycles. The Hall–Kier alpha value is -0.410. The van der Waals surface area contributed by atoms with E-state index < -0.39 is 11.9 Å². The van der Waals surface area contributed by atoms with Crippen LogP contribution in [0.15, 0.2) is 0 Å². The fourth-order valence-electron chi connectivity index (χ4n) is 2.39. The van der Waals surface area contributed by atoms with Gasteiger partial charge in [-0.05, 0) is 38.5 Å². The van der Waals surface area contributed by atoms with E-state index in [0.29, 0.717) is 12.8 Å². The molecule has 74 valence electrons. The van der Waals surface area contributed by atoms with Crippen molar-refractivity contribution in [2.45, 2.75) is 56.8 Å². The lowest BCUT2D eigenvalue weighted by Crippen LogP contribution is -2.49. The third kappa shape index (κ3) is 1.63. The van der Waals surface area contributed by atoms with Gasteiger partial charge in [-0.25, -0.2) is 0 Å². The van der Waals surface area contributed by atoms with Crippen LogP contribution in [0.2, 0.25) is 0 Å². The van der Waals surface area contributed by atoms with Gasteiger partial charge >= 0.3 is 0 Å². The number of ketones is 1. The van der Waals surface area contributed by atoms with Crippen LogP contribution >= 0.6 is 0 Å². The molecule has 0 bridgehead atoms. The second-order valence-electron chi connectivity index (χ2n) is 4.09. The molecule has 2 atom stereocenters. The molecule has 0 aromatic rings. The fourth-order valence-corrected chi connectivity index (χ4v) is 2.39. The minimum absolute atomic E-state index is 0.206. The van der Waals surface area contributed by atoms with Crippen molar-refractivity contribution in [1.82, 2.24) is 0 Å². The monoisotopic (exact) mass is 184 g/mol. The molecule has 2 rings (SSSR count). The molecule has 1 heterocycles. The van der Waals surface area contributed by atoms with Crippen LogP contribution in [0.4, 0.5) is 0 Å². The molecule has 0 radical (unpaired) electrons. The highest BCUT2D eigenvalue weighted by atomic mass is 16.6. The normalized spacial score (nSPS) is 41.0. The van der Waals surface area contributed by atoms with Gasteiger partial charge in [-0.15, -0.1) is 0 Å². The number of hydrogen-bond acceptors (Lipinski definition) is 3. The van der Waals surface area contributed by atoms with Gasteiger partial charge in [-0.3, -0.25) is 4.79 Å². The Balaban J connectivity index is 2.11. The van der Waals surface area contributed by atoms with Gasteiger partial charge in [0.15, 0.2) is 12.1 Å². The first-order chi connectivity index (χ1) is 6.23. The van der Waals surface area contributed by atoms with Gasteiger partial charge in [0, 0.05) is 6.42 Å². The van der Waals surface area contributed by atoms with Crippen LogP contribution in [0, 0.1) is 0 Å². The summed E-state index contributed by atoms with van der Waals surface area (Å²) >= 11 is 0. The Bertz CT molecular complexity index is 210. The molecule has 2 aliphatic rings. The molecule has 1 N–H and O–H groups in total. The van der Waals surface area contributed by atoms with Crippen molar-refractivity contribution in [2.24, 2.45) is 0 Å². The summed E-state index contributed by atoms with van der Waals surface area (Å²) in [5, 5.41) is 9.37. The number of hydrogen-bond donors (Lipinski definition) is 1. The highest BCUT2D eigenvalue weighted by molar-refractivity contribution is 5.88. The maximum atomic E-state index is 11.7. The SMILES string of the molecule is O=C1CCCC[C@]12CCCC(O)O2. The Morgan fingerprint density at radius 1 is 1.31 bits per heavy atom. The van der Waals surface area contributed by atoms with E-state index in [2.05, 4.69) is 0 Å². The van der Waals surface area contributed by atoms with Crippen molar-refractivity contribution in [3.63, 3.8) is 0 Å². The van der Waals surface area contributed by atoms with Crippen molar-refractivity contribution in [1.29, 1.82) is 0 Å². The molecule has 1 saturated carbocycles. The van der Waals surface area contributed by atoms with Crippen LogP contribution < -0.4 is 0 Å². The lowest BCUT2D eigenvalue weighted by molar-refractivity contribution is -0.218. The molecule has 2 fully saturated rings. The molecule has 13 heavy (non-hydrogen) atoms. The predicted molar refractivity (Wildman–Crippen MR) is 47.1 cm³/mol. The molecule has 3 nitrogen and oxygen atoms in total. The molecule has 1 spiro atoms. The van der Waals surface area contributed by atoms with Gasteiger partial charge < -0.3 is 9.84 Å². The largest absolute Gasteiger partial charge is 0.368 e. The van der Waals surface area contributed by atoms with Gasteiger partial charge in [0.1, 0.15) is 5.60 Å². The molecular weight excluding hydrogens is 168 g/mol. The molecule has 1 aliphatic carbocycles. The Kier molecular flexibility index (Phi) is 2.39. The maximum Gasteiger partial charge on any atom is 0.164 e. The van der Waals surface area contributed by atoms with E-state index in [1.54, 1.807) is 0 Å². The number of carbonyl (C=O) groups excluding carboxylic acids is 1. The summed E-state index contributed by atoms with van der Waals surface area (Å²) in [5.41, 5.74) is -0.601. The maximum absolute atomic E-state index is 11.7. The average Bonchev–Trinajstić information content (AvgIpc) is 2.11. The standard InChI is InChI=1S/C10H16O3/c11-8-4-1-2-6-10(8)7-3-5-9(12)13-10/h9,12H,1-7H2/t9?,10-/m0/s1. The van der Waals surface area contributed by atoms with Crippen molar-refractivity contribution in [3.8, 4) is 0 Å². The van der Waals surface area contributed by atoms with Crippen LogP contribution in [0.3, 0.4) is 0 Å². The second kappa shape index (κ2) is 3.39. The topological polar surface area (TPSA) is 46.5 Å². The minimum Gasteiger partial charge on any atom is -0.368 e. The lowest BCUT2D eigenvalue weighted by atomic mass is 9.78. The Morgan fingerprint density at radius 3 is 2.77 bits per heavy atom. The van der Waals surface area contributed by atoms with E-state index in [-0.39, 0.29) is 5.78 Å².